The Balaban J connectivity index is 1.27. The highest BCUT2D eigenvalue weighted by molar-refractivity contribution is 7.99. The SMILES string of the molecule is O=C(C1CCC(NC(=O)N2CCc3ccccc32)CC1)N1CCSCC1. The lowest BCUT2D eigenvalue weighted by molar-refractivity contribution is -0.136. The summed E-state index contributed by atoms with van der Waals surface area (Å²) in [6.45, 7) is 2.55. The molecule has 140 valence electrons. The molecule has 3 aliphatic rings. The van der Waals surface area contributed by atoms with Crippen LogP contribution in [0.4, 0.5) is 10.5 Å². The summed E-state index contributed by atoms with van der Waals surface area (Å²) in [5.74, 6) is 2.62. The van der Waals surface area contributed by atoms with E-state index >= 15 is 0 Å². The number of carbonyl (C=O) groups is 2. The number of hydrogen-bond donors (Lipinski definition) is 1. The fraction of sp³-hybridized carbons (Fsp3) is 0.600. The minimum Gasteiger partial charge on any atom is -0.341 e. The van der Waals surface area contributed by atoms with E-state index in [0.717, 1.165) is 68.9 Å². The first kappa shape index (κ1) is 17.7. The van der Waals surface area contributed by atoms with Gasteiger partial charge in [-0.1, -0.05) is 18.2 Å². The first-order valence-corrected chi connectivity index (χ1v) is 10.9. The average Bonchev–Trinajstić information content (AvgIpc) is 3.13. The van der Waals surface area contributed by atoms with Gasteiger partial charge in [0.05, 0.1) is 0 Å². The zero-order valence-corrected chi connectivity index (χ0v) is 16.0. The van der Waals surface area contributed by atoms with Crippen LogP contribution in [-0.4, -0.2) is 54.0 Å². The molecule has 0 bridgehead atoms. The summed E-state index contributed by atoms with van der Waals surface area (Å²) in [4.78, 5) is 29.2. The molecule has 2 fully saturated rings. The maximum atomic E-state index is 12.7. The van der Waals surface area contributed by atoms with E-state index in [2.05, 4.69) is 11.4 Å². The van der Waals surface area contributed by atoms with Crippen molar-refractivity contribution >= 4 is 29.4 Å². The molecule has 1 saturated carbocycles. The van der Waals surface area contributed by atoms with Gasteiger partial charge in [0.2, 0.25) is 5.91 Å². The number of nitrogens with one attached hydrogen (secondary N) is 1. The Morgan fingerprint density at radius 2 is 1.73 bits per heavy atom. The number of rotatable bonds is 2. The van der Waals surface area contributed by atoms with Gasteiger partial charge in [0.25, 0.3) is 0 Å². The Labute approximate surface area is 159 Å². The summed E-state index contributed by atoms with van der Waals surface area (Å²) in [5.41, 5.74) is 2.29. The predicted molar refractivity (Wildman–Crippen MR) is 106 cm³/mol. The average molecular weight is 374 g/mol. The lowest BCUT2D eigenvalue weighted by Crippen LogP contribution is -2.47. The van der Waals surface area contributed by atoms with Gasteiger partial charge >= 0.3 is 6.03 Å². The normalized spacial score (nSPS) is 25.7. The predicted octanol–water partition coefficient (Wildman–Crippen LogP) is 2.89. The summed E-state index contributed by atoms with van der Waals surface area (Å²) in [6, 6.07) is 8.33. The second-order valence-electron chi connectivity index (χ2n) is 7.47. The van der Waals surface area contributed by atoms with E-state index in [1.165, 1.54) is 5.56 Å². The summed E-state index contributed by atoms with van der Waals surface area (Å²) < 4.78 is 0. The maximum absolute atomic E-state index is 12.7. The van der Waals surface area contributed by atoms with E-state index < -0.39 is 0 Å². The van der Waals surface area contributed by atoms with Gasteiger partial charge in [0, 0.05) is 48.8 Å². The van der Waals surface area contributed by atoms with Crippen molar-refractivity contribution in [3.8, 4) is 0 Å². The van der Waals surface area contributed by atoms with Gasteiger partial charge in [-0.25, -0.2) is 4.79 Å². The molecule has 0 atom stereocenters. The Kier molecular flexibility index (Phi) is 5.38. The lowest BCUT2D eigenvalue weighted by atomic mass is 9.85. The minimum absolute atomic E-state index is 0.0118. The molecule has 3 amide bonds. The number of para-hydroxylation sites is 1. The van der Waals surface area contributed by atoms with Crippen molar-refractivity contribution in [2.75, 3.05) is 36.0 Å². The highest BCUT2D eigenvalue weighted by Gasteiger charge is 2.32. The number of carbonyl (C=O) groups excluding carboxylic acids is 2. The van der Waals surface area contributed by atoms with Crippen molar-refractivity contribution in [3.05, 3.63) is 29.8 Å². The molecular weight excluding hydrogens is 346 g/mol. The molecule has 1 aromatic rings. The number of thioether (sulfide) groups is 1. The molecule has 0 aromatic heterocycles. The fourth-order valence-electron chi connectivity index (χ4n) is 4.33. The first-order chi connectivity index (χ1) is 12.7. The molecule has 1 saturated heterocycles. The topological polar surface area (TPSA) is 52.7 Å². The van der Waals surface area contributed by atoms with Crippen LogP contribution in [0.15, 0.2) is 24.3 Å². The lowest BCUT2D eigenvalue weighted by Gasteiger charge is -2.34. The second kappa shape index (κ2) is 7.91. The molecule has 2 aliphatic heterocycles. The van der Waals surface area contributed by atoms with Gasteiger partial charge in [-0.3, -0.25) is 9.69 Å². The van der Waals surface area contributed by atoms with Gasteiger partial charge < -0.3 is 10.2 Å². The van der Waals surface area contributed by atoms with Crippen molar-refractivity contribution < 1.29 is 9.59 Å². The summed E-state index contributed by atoms with van der Waals surface area (Å²) in [6.07, 6.45) is 4.52. The Morgan fingerprint density at radius 3 is 2.50 bits per heavy atom. The third-order valence-corrected chi connectivity index (χ3v) is 6.80. The number of benzene rings is 1. The van der Waals surface area contributed by atoms with E-state index in [-0.39, 0.29) is 18.0 Å². The maximum Gasteiger partial charge on any atom is 0.322 e. The van der Waals surface area contributed by atoms with Crippen LogP contribution in [-0.2, 0) is 11.2 Å². The van der Waals surface area contributed by atoms with Crippen LogP contribution in [0.1, 0.15) is 31.2 Å². The van der Waals surface area contributed by atoms with Crippen molar-refractivity contribution in [2.45, 2.75) is 38.1 Å². The van der Waals surface area contributed by atoms with E-state index in [1.54, 1.807) is 0 Å². The summed E-state index contributed by atoms with van der Waals surface area (Å²) in [7, 11) is 0. The van der Waals surface area contributed by atoms with E-state index in [9.17, 15) is 9.59 Å². The molecule has 0 radical (unpaired) electrons. The van der Waals surface area contributed by atoms with Gasteiger partial charge in [-0.15, -0.1) is 0 Å². The van der Waals surface area contributed by atoms with Crippen LogP contribution in [0.25, 0.3) is 0 Å². The van der Waals surface area contributed by atoms with Gasteiger partial charge in [0.15, 0.2) is 0 Å². The van der Waals surface area contributed by atoms with E-state index in [1.807, 2.05) is 39.8 Å². The highest BCUT2D eigenvalue weighted by atomic mass is 32.2. The molecule has 6 heteroatoms. The molecule has 4 rings (SSSR count). The van der Waals surface area contributed by atoms with Crippen LogP contribution in [0, 0.1) is 5.92 Å². The molecule has 1 aliphatic carbocycles. The Bertz CT molecular complexity index is 667. The summed E-state index contributed by atoms with van der Waals surface area (Å²) in [5, 5.41) is 3.20. The molecule has 26 heavy (non-hydrogen) atoms. The number of hydrogen-bond acceptors (Lipinski definition) is 3. The fourth-order valence-corrected chi connectivity index (χ4v) is 5.23. The Hall–Kier alpha value is -1.69. The van der Waals surface area contributed by atoms with E-state index in [0.29, 0.717) is 5.91 Å². The molecule has 5 nitrogen and oxygen atoms in total. The van der Waals surface area contributed by atoms with Crippen LogP contribution in [0.5, 0.6) is 0 Å². The number of fused-ring (bicyclic) bond motifs is 1. The monoisotopic (exact) mass is 373 g/mol. The molecule has 1 N–H and O–H groups in total. The van der Waals surface area contributed by atoms with Gasteiger partial charge in [0.1, 0.15) is 0 Å². The first-order valence-electron chi connectivity index (χ1n) is 9.75. The van der Waals surface area contributed by atoms with Crippen molar-refractivity contribution in [2.24, 2.45) is 5.92 Å². The highest BCUT2D eigenvalue weighted by Crippen LogP contribution is 2.29. The molecule has 0 unspecified atom stereocenters. The molecule has 0 spiro atoms. The molecular formula is C20H27N3O2S. The van der Waals surface area contributed by atoms with Gasteiger partial charge in [-0.05, 0) is 43.7 Å². The summed E-state index contributed by atoms with van der Waals surface area (Å²) >= 11 is 1.93. The second-order valence-corrected chi connectivity index (χ2v) is 8.69. The third-order valence-electron chi connectivity index (χ3n) is 5.86. The largest absolute Gasteiger partial charge is 0.341 e. The molecule has 2 heterocycles. The smallest absolute Gasteiger partial charge is 0.322 e. The van der Waals surface area contributed by atoms with Crippen molar-refractivity contribution in [1.29, 1.82) is 0 Å². The zero-order valence-electron chi connectivity index (χ0n) is 15.2. The van der Waals surface area contributed by atoms with Crippen LogP contribution >= 0.6 is 11.8 Å². The van der Waals surface area contributed by atoms with E-state index in [4.69, 9.17) is 0 Å². The standard InChI is InChI=1S/C20H27N3O2S/c24-19(22-11-13-26-14-12-22)16-5-7-17(8-6-16)21-20(25)23-10-9-15-3-1-2-4-18(15)23/h1-4,16-17H,5-14H2,(H,21,25). The van der Waals surface area contributed by atoms with Gasteiger partial charge in [-0.2, -0.15) is 11.8 Å². The minimum atomic E-state index is 0.0118. The number of urea groups is 1. The number of amides is 3. The zero-order chi connectivity index (χ0) is 17.9. The Morgan fingerprint density at radius 1 is 1.00 bits per heavy atom. The quantitative estimate of drug-likeness (QED) is 0.867. The third kappa shape index (κ3) is 3.70. The van der Waals surface area contributed by atoms with Crippen LogP contribution in [0.2, 0.25) is 0 Å². The van der Waals surface area contributed by atoms with Crippen LogP contribution < -0.4 is 10.2 Å². The van der Waals surface area contributed by atoms with Crippen molar-refractivity contribution in [3.63, 3.8) is 0 Å². The number of nitrogens with zero attached hydrogens (tertiary/aromatic N) is 2. The molecule has 1 aromatic carbocycles. The number of anilines is 1. The van der Waals surface area contributed by atoms with Crippen LogP contribution in [0.3, 0.4) is 0 Å². The van der Waals surface area contributed by atoms with Crippen molar-refractivity contribution in [1.82, 2.24) is 10.2 Å².